The van der Waals surface area contributed by atoms with Gasteiger partial charge in [-0.25, -0.2) is 9.97 Å². The van der Waals surface area contributed by atoms with Crippen LogP contribution >= 0.6 is 0 Å². The highest BCUT2D eigenvalue weighted by Crippen LogP contribution is 2.32. The third kappa shape index (κ3) is 4.47. The van der Waals surface area contributed by atoms with Crippen LogP contribution in [0.25, 0.3) is 17.2 Å². The quantitative estimate of drug-likeness (QED) is 0.478. The summed E-state index contributed by atoms with van der Waals surface area (Å²) in [5.41, 5.74) is 3.16. The molecule has 3 heterocycles. The van der Waals surface area contributed by atoms with Gasteiger partial charge in [-0.2, -0.15) is 13.2 Å². The highest BCUT2D eigenvalue weighted by molar-refractivity contribution is 6.04. The lowest BCUT2D eigenvalue weighted by atomic mass is 10.2. The van der Waals surface area contributed by atoms with E-state index >= 15 is 0 Å². The fourth-order valence-electron chi connectivity index (χ4n) is 3.24. The van der Waals surface area contributed by atoms with E-state index in [1.807, 2.05) is 24.5 Å². The van der Waals surface area contributed by atoms with Gasteiger partial charge in [-0.05, 0) is 51.1 Å². The molecule has 1 amide bonds. The van der Waals surface area contributed by atoms with E-state index in [1.165, 1.54) is 6.07 Å². The summed E-state index contributed by atoms with van der Waals surface area (Å²) in [6, 6.07) is 9.77. The third-order valence-electron chi connectivity index (χ3n) is 5.32. The molecule has 0 saturated heterocycles. The first-order valence-electron chi connectivity index (χ1n) is 10.0. The zero-order valence-electron chi connectivity index (χ0n) is 18.0. The Morgan fingerprint density at radius 2 is 1.85 bits per heavy atom. The number of pyridine rings is 1. The molecule has 0 radical (unpaired) electrons. The Morgan fingerprint density at radius 1 is 1.09 bits per heavy atom. The number of imidazole rings is 1. The first-order chi connectivity index (χ1) is 15.6. The van der Waals surface area contributed by atoms with Crippen LogP contribution in [0.3, 0.4) is 0 Å². The number of hydrogen-bond donors (Lipinski definition) is 1. The van der Waals surface area contributed by atoms with Crippen molar-refractivity contribution in [2.45, 2.75) is 33.0 Å². The number of carbonyl (C=O) groups excluding carboxylic acids is 1. The molecule has 0 unspecified atom stereocenters. The number of halogens is 3. The molecule has 3 aromatic heterocycles. The average Bonchev–Trinajstić information content (AvgIpc) is 3.40. The van der Waals surface area contributed by atoms with Gasteiger partial charge in [0.05, 0.1) is 12.0 Å². The molecular weight excluding hydrogens is 435 g/mol. The number of hydrogen-bond acceptors (Lipinski definition) is 5. The summed E-state index contributed by atoms with van der Waals surface area (Å²) in [7, 11) is 0. The Morgan fingerprint density at radius 3 is 2.55 bits per heavy atom. The van der Waals surface area contributed by atoms with Crippen molar-refractivity contribution < 1.29 is 18.0 Å². The fraction of sp³-hybridized carbons (Fsp3) is 0.227. The lowest BCUT2D eigenvalue weighted by Crippen LogP contribution is -2.24. The molecule has 0 bridgehead atoms. The Kier molecular flexibility index (Phi) is 5.71. The number of nitrogens with one attached hydrogen (secondary N) is 1. The van der Waals surface area contributed by atoms with Gasteiger partial charge in [0, 0.05) is 16.9 Å². The first-order valence-corrected chi connectivity index (χ1v) is 10.0. The van der Waals surface area contributed by atoms with Gasteiger partial charge in [0.15, 0.2) is 5.82 Å². The molecule has 4 rings (SSSR count). The normalized spacial score (nSPS) is 12.5. The van der Waals surface area contributed by atoms with Gasteiger partial charge in [0.25, 0.3) is 5.91 Å². The van der Waals surface area contributed by atoms with Crippen molar-refractivity contribution in [3.63, 3.8) is 0 Å². The molecule has 0 saturated carbocycles. The molecule has 0 aliphatic rings. The molecule has 1 atom stereocenters. The predicted molar refractivity (Wildman–Crippen MR) is 115 cm³/mol. The Balaban J connectivity index is 1.58. The molecular formula is C22H20F3N7O. The number of rotatable bonds is 5. The van der Waals surface area contributed by atoms with Crippen molar-refractivity contribution in [1.29, 1.82) is 0 Å². The summed E-state index contributed by atoms with van der Waals surface area (Å²) in [4.78, 5) is 21.4. The summed E-state index contributed by atoms with van der Waals surface area (Å²) in [5, 5.41) is 10.1. The number of anilines is 1. The van der Waals surface area contributed by atoms with E-state index in [1.54, 1.807) is 36.7 Å². The summed E-state index contributed by atoms with van der Waals surface area (Å²) in [6.07, 6.45) is -1.78. The van der Waals surface area contributed by atoms with E-state index in [0.717, 1.165) is 34.9 Å². The number of benzene rings is 1. The van der Waals surface area contributed by atoms with E-state index in [-0.39, 0.29) is 17.3 Å². The number of nitrogens with zero attached hydrogens (tertiary/aromatic N) is 6. The second-order valence-corrected chi connectivity index (χ2v) is 7.48. The van der Waals surface area contributed by atoms with Gasteiger partial charge in [-0.3, -0.25) is 4.79 Å². The van der Waals surface area contributed by atoms with Crippen LogP contribution in [0.15, 0.2) is 55.1 Å². The summed E-state index contributed by atoms with van der Waals surface area (Å²) in [5.74, 6) is -0.295. The van der Waals surface area contributed by atoms with Crippen LogP contribution in [0.1, 0.15) is 34.7 Å². The monoisotopic (exact) mass is 455 g/mol. The standard InChI is InChI=1S/C22H20F3N7O/c1-13-14(2)31(11-26-13)17-7-4-6-16(10-17)21(33)29-19-9-5-8-18(28-19)20-30-27-12-32(20)15(3)22(23,24)25/h4-12,15H,1-3H3,(H,28,29,33)/t15-/m0/s1. The van der Waals surface area contributed by atoms with Gasteiger partial charge in [-0.1, -0.05) is 12.1 Å². The second kappa shape index (κ2) is 8.49. The zero-order chi connectivity index (χ0) is 23.8. The van der Waals surface area contributed by atoms with Crippen molar-refractivity contribution in [2.75, 3.05) is 5.32 Å². The van der Waals surface area contributed by atoms with Crippen LogP contribution in [0.5, 0.6) is 0 Å². The van der Waals surface area contributed by atoms with E-state index in [0.29, 0.717) is 5.56 Å². The fourth-order valence-corrected chi connectivity index (χ4v) is 3.24. The summed E-state index contributed by atoms with van der Waals surface area (Å²) < 4.78 is 42.3. The number of aryl methyl sites for hydroxylation is 1. The molecule has 170 valence electrons. The maximum atomic E-state index is 13.2. The van der Waals surface area contributed by atoms with Crippen molar-refractivity contribution in [2.24, 2.45) is 0 Å². The molecule has 0 aliphatic carbocycles. The molecule has 1 N–H and O–H groups in total. The lowest BCUT2D eigenvalue weighted by Gasteiger charge is -2.18. The predicted octanol–water partition coefficient (Wildman–Crippen LogP) is 4.52. The van der Waals surface area contributed by atoms with Gasteiger partial charge in [0.2, 0.25) is 0 Å². The Hall–Kier alpha value is -4.02. The molecule has 33 heavy (non-hydrogen) atoms. The van der Waals surface area contributed by atoms with Crippen molar-refractivity contribution in [3.05, 3.63) is 72.1 Å². The minimum Gasteiger partial charge on any atom is -0.307 e. The van der Waals surface area contributed by atoms with Crippen LogP contribution in [0.4, 0.5) is 19.0 Å². The van der Waals surface area contributed by atoms with Gasteiger partial charge in [0.1, 0.15) is 23.9 Å². The number of amides is 1. The maximum absolute atomic E-state index is 13.2. The van der Waals surface area contributed by atoms with E-state index in [9.17, 15) is 18.0 Å². The SMILES string of the molecule is Cc1ncn(-c2cccc(C(=O)Nc3cccc(-c4nncn4[C@@H](C)C(F)(F)F)n3)c2)c1C. The van der Waals surface area contributed by atoms with Crippen LogP contribution in [-0.4, -0.2) is 41.4 Å². The number of alkyl halides is 3. The Bertz CT molecular complexity index is 1310. The second-order valence-electron chi connectivity index (χ2n) is 7.48. The van der Waals surface area contributed by atoms with Crippen molar-refractivity contribution >= 4 is 11.7 Å². The van der Waals surface area contributed by atoms with Gasteiger partial charge < -0.3 is 14.5 Å². The minimum atomic E-state index is -4.47. The average molecular weight is 455 g/mol. The van der Waals surface area contributed by atoms with Crippen LogP contribution in [0, 0.1) is 13.8 Å². The molecule has 11 heteroatoms. The highest BCUT2D eigenvalue weighted by Gasteiger charge is 2.38. The van der Waals surface area contributed by atoms with Crippen LogP contribution in [-0.2, 0) is 0 Å². The molecule has 0 aliphatic heterocycles. The first kappa shape index (κ1) is 22.2. The topological polar surface area (TPSA) is 90.5 Å². The van der Waals surface area contributed by atoms with E-state index in [4.69, 9.17) is 0 Å². The summed E-state index contributed by atoms with van der Waals surface area (Å²) in [6.45, 7) is 4.84. The van der Waals surface area contributed by atoms with Gasteiger partial charge >= 0.3 is 6.18 Å². The number of aromatic nitrogens is 6. The van der Waals surface area contributed by atoms with Crippen LogP contribution < -0.4 is 5.32 Å². The van der Waals surface area contributed by atoms with E-state index in [2.05, 4.69) is 25.5 Å². The van der Waals surface area contributed by atoms with Crippen molar-refractivity contribution in [3.8, 4) is 17.2 Å². The summed E-state index contributed by atoms with van der Waals surface area (Å²) >= 11 is 0. The third-order valence-corrected chi connectivity index (χ3v) is 5.32. The molecule has 0 fully saturated rings. The smallest absolute Gasteiger partial charge is 0.307 e. The largest absolute Gasteiger partial charge is 0.408 e. The highest BCUT2D eigenvalue weighted by atomic mass is 19.4. The minimum absolute atomic E-state index is 0.0520. The lowest BCUT2D eigenvalue weighted by molar-refractivity contribution is -0.162. The molecule has 8 nitrogen and oxygen atoms in total. The van der Waals surface area contributed by atoms with Crippen LogP contribution in [0.2, 0.25) is 0 Å². The van der Waals surface area contributed by atoms with Gasteiger partial charge in [-0.15, -0.1) is 10.2 Å². The molecule has 1 aromatic carbocycles. The molecule has 0 spiro atoms. The van der Waals surface area contributed by atoms with E-state index < -0.39 is 18.1 Å². The molecule has 4 aromatic rings. The zero-order valence-corrected chi connectivity index (χ0v) is 18.0. The maximum Gasteiger partial charge on any atom is 0.408 e. The van der Waals surface area contributed by atoms with Crippen molar-refractivity contribution in [1.82, 2.24) is 29.3 Å². The Labute approximate surface area is 187 Å². The number of carbonyl (C=O) groups is 1.